The van der Waals surface area contributed by atoms with Crippen LogP contribution in [0.15, 0.2) is 87.8 Å². The van der Waals surface area contributed by atoms with Gasteiger partial charge in [0.25, 0.3) is 0 Å². The van der Waals surface area contributed by atoms with Gasteiger partial charge >= 0.3 is 0 Å². The molecular weight excluding hydrogens is 464 g/mol. The molecule has 0 amide bonds. The van der Waals surface area contributed by atoms with Gasteiger partial charge in [0, 0.05) is 33.0 Å². The Morgan fingerprint density at radius 3 is 1.85 bits per heavy atom. The van der Waals surface area contributed by atoms with Crippen molar-refractivity contribution in [3.05, 3.63) is 104 Å². The van der Waals surface area contributed by atoms with E-state index in [4.69, 9.17) is 5.73 Å². The Kier molecular flexibility index (Phi) is 5.79. The van der Waals surface area contributed by atoms with E-state index in [0.717, 1.165) is 15.4 Å². The van der Waals surface area contributed by atoms with E-state index >= 15 is 0 Å². The summed E-state index contributed by atoms with van der Waals surface area (Å²) in [7, 11) is 0. The van der Waals surface area contributed by atoms with Crippen LogP contribution < -0.4 is 11.1 Å². The lowest BCUT2D eigenvalue weighted by Crippen LogP contribution is -2.47. The average Bonchev–Trinajstić information content (AvgIpc) is 2.69. The Labute approximate surface area is 177 Å². The molecule has 1 aliphatic rings. The molecule has 0 spiro atoms. The second-order valence-electron chi connectivity index (χ2n) is 7.14. The highest BCUT2D eigenvalue weighted by Gasteiger charge is 2.37. The van der Waals surface area contributed by atoms with Gasteiger partial charge in [-0.15, -0.1) is 0 Å². The van der Waals surface area contributed by atoms with Crippen LogP contribution in [0.3, 0.4) is 0 Å². The van der Waals surface area contributed by atoms with Gasteiger partial charge in [-0.1, -0.05) is 86.5 Å². The summed E-state index contributed by atoms with van der Waals surface area (Å²) in [5.74, 6) is 0.235. The number of piperidine rings is 1. The van der Waals surface area contributed by atoms with E-state index in [2.05, 4.69) is 116 Å². The van der Waals surface area contributed by atoms with Gasteiger partial charge < -0.3 is 11.1 Å². The molecule has 0 bridgehead atoms. The molecule has 1 fully saturated rings. The lowest BCUT2D eigenvalue weighted by atomic mass is 9.75. The summed E-state index contributed by atoms with van der Waals surface area (Å²) < 4.78 is 2.19. The second kappa shape index (κ2) is 8.27. The molecule has 0 saturated carbocycles. The third-order valence-electron chi connectivity index (χ3n) is 5.39. The molecule has 1 aliphatic heterocycles. The van der Waals surface area contributed by atoms with Gasteiger partial charge in [0.1, 0.15) is 0 Å². The van der Waals surface area contributed by atoms with Gasteiger partial charge in [-0.05, 0) is 47.4 Å². The van der Waals surface area contributed by atoms with Crippen molar-refractivity contribution in [3.8, 4) is 0 Å². The van der Waals surface area contributed by atoms with Gasteiger partial charge in [0.2, 0.25) is 0 Å². The molecular formula is C23H22Br2N2. The first-order chi connectivity index (χ1) is 13.1. The molecule has 4 heteroatoms. The minimum atomic E-state index is 0.0796. The first kappa shape index (κ1) is 18.9. The summed E-state index contributed by atoms with van der Waals surface area (Å²) in [5, 5.41) is 3.89. The summed E-state index contributed by atoms with van der Waals surface area (Å²) in [6.45, 7) is 0. The van der Waals surface area contributed by atoms with E-state index in [9.17, 15) is 0 Å². The molecule has 4 rings (SSSR count). The van der Waals surface area contributed by atoms with Crippen LogP contribution in [0.5, 0.6) is 0 Å². The van der Waals surface area contributed by atoms with Crippen LogP contribution in [-0.2, 0) is 0 Å². The summed E-state index contributed by atoms with van der Waals surface area (Å²) in [6, 6.07) is 28.3. The van der Waals surface area contributed by atoms with Crippen LogP contribution in [0.2, 0.25) is 0 Å². The molecule has 2 nitrogen and oxygen atoms in total. The molecule has 4 atom stereocenters. The molecule has 4 unspecified atom stereocenters. The highest BCUT2D eigenvalue weighted by Crippen LogP contribution is 2.42. The van der Waals surface area contributed by atoms with Crippen molar-refractivity contribution in [1.29, 1.82) is 0 Å². The number of nitrogens with one attached hydrogen (secondary N) is 1. The molecule has 0 aromatic heterocycles. The van der Waals surface area contributed by atoms with Gasteiger partial charge in [-0.2, -0.15) is 0 Å². The van der Waals surface area contributed by atoms with Crippen molar-refractivity contribution in [2.75, 3.05) is 0 Å². The van der Waals surface area contributed by atoms with Gasteiger partial charge in [0.05, 0.1) is 0 Å². The Morgan fingerprint density at radius 1 is 0.704 bits per heavy atom. The average molecular weight is 486 g/mol. The zero-order chi connectivity index (χ0) is 18.8. The first-order valence-electron chi connectivity index (χ1n) is 9.19. The van der Waals surface area contributed by atoms with Crippen LogP contribution in [0.4, 0.5) is 0 Å². The quantitative estimate of drug-likeness (QED) is 0.470. The summed E-state index contributed by atoms with van der Waals surface area (Å²) >= 11 is 7.07. The highest BCUT2D eigenvalue weighted by molar-refractivity contribution is 9.10. The van der Waals surface area contributed by atoms with Crippen molar-refractivity contribution < 1.29 is 0 Å². The van der Waals surface area contributed by atoms with Crippen LogP contribution in [0.25, 0.3) is 0 Å². The van der Waals surface area contributed by atoms with Crippen LogP contribution >= 0.6 is 31.9 Å². The van der Waals surface area contributed by atoms with E-state index in [1.807, 2.05) is 0 Å². The molecule has 0 radical (unpaired) electrons. The van der Waals surface area contributed by atoms with E-state index in [0.29, 0.717) is 0 Å². The summed E-state index contributed by atoms with van der Waals surface area (Å²) in [5.41, 5.74) is 10.6. The number of hydrogen-bond donors (Lipinski definition) is 2. The van der Waals surface area contributed by atoms with Crippen molar-refractivity contribution >= 4 is 31.9 Å². The molecule has 27 heavy (non-hydrogen) atoms. The molecule has 3 aromatic carbocycles. The smallest absolute Gasteiger partial charge is 0.0409 e. The van der Waals surface area contributed by atoms with Crippen LogP contribution in [-0.4, -0.2) is 6.04 Å². The monoisotopic (exact) mass is 484 g/mol. The number of halogens is 2. The Morgan fingerprint density at radius 2 is 1.26 bits per heavy atom. The fourth-order valence-corrected chi connectivity index (χ4v) is 4.60. The SMILES string of the molecule is NC1CC(c2ccc(Br)cc2)NC(c2ccc(Br)cc2)C1c1ccccc1. The van der Waals surface area contributed by atoms with Crippen LogP contribution in [0, 0.1) is 0 Å². The van der Waals surface area contributed by atoms with Crippen molar-refractivity contribution in [1.82, 2.24) is 5.32 Å². The maximum absolute atomic E-state index is 6.77. The predicted molar refractivity (Wildman–Crippen MR) is 119 cm³/mol. The van der Waals surface area contributed by atoms with Gasteiger partial charge in [-0.25, -0.2) is 0 Å². The molecule has 138 valence electrons. The Hall–Kier alpha value is -1.46. The molecule has 1 saturated heterocycles. The zero-order valence-corrected chi connectivity index (χ0v) is 18.0. The van der Waals surface area contributed by atoms with Crippen molar-refractivity contribution in [3.63, 3.8) is 0 Å². The Balaban J connectivity index is 1.71. The van der Waals surface area contributed by atoms with E-state index in [1.165, 1.54) is 16.7 Å². The molecule has 0 aliphatic carbocycles. The standard InChI is InChI=1S/C23H22Br2N2/c24-18-10-6-15(7-11-18)21-14-20(26)22(16-4-2-1-3-5-16)23(27-21)17-8-12-19(25)13-9-17/h1-13,20-23,27H,14,26H2. The summed E-state index contributed by atoms with van der Waals surface area (Å²) in [6.07, 6.45) is 0.911. The normalized spacial score (nSPS) is 25.3. The highest BCUT2D eigenvalue weighted by atomic mass is 79.9. The lowest BCUT2D eigenvalue weighted by Gasteiger charge is -2.42. The lowest BCUT2D eigenvalue weighted by molar-refractivity contribution is 0.257. The minimum Gasteiger partial charge on any atom is -0.327 e. The molecule has 3 N–H and O–H groups in total. The number of hydrogen-bond acceptors (Lipinski definition) is 2. The van der Waals surface area contributed by atoms with Gasteiger partial charge in [-0.3, -0.25) is 0 Å². The third-order valence-corrected chi connectivity index (χ3v) is 6.45. The molecule has 1 heterocycles. The number of nitrogens with two attached hydrogens (primary N) is 1. The minimum absolute atomic E-state index is 0.0796. The first-order valence-corrected chi connectivity index (χ1v) is 10.8. The fraction of sp³-hybridized carbons (Fsp3) is 0.217. The topological polar surface area (TPSA) is 38.0 Å². The maximum atomic E-state index is 6.77. The second-order valence-corrected chi connectivity index (χ2v) is 8.97. The summed E-state index contributed by atoms with van der Waals surface area (Å²) in [4.78, 5) is 0. The largest absolute Gasteiger partial charge is 0.327 e. The van der Waals surface area contributed by atoms with Gasteiger partial charge in [0.15, 0.2) is 0 Å². The van der Waals surface area contributed by atoms with Crippen molar-refractivity contribution in [2.24, 2.45) is 5.73 Å². The number of rotatable bonds is 3. The van der Waals surface area contributed by atoms with E-state index in [-0.39, 0.29) is 24.0 Å². The Bertz CT molecular complexity index is 879. The third kappa shape index (κ3) is 4.19. The molecule has 3 aromatic rings. The van der Waals surface area contributed by atoms with E-state index < -0.39 is 0 Å². The predicted octanol–water partition coefficient (Wildman–Crippen LogP) is 6.10. The number of benzene rings is 3. The van der Waals surface area contributed by atoms with Crippen molar-refractivity contribution in [2.45, 2.75) is 30.5 Å². The fourth-order valence-electron chi connectivity index (χ4n) is 4.07. The zero-order valence-electron chi connectivity index (χ0n) is 14.9. The maximum Gasteiger partial charge on any atom is 0.0409 e. The van der Waals surface area contributed by atoms with Crippen LogP contribution in [0.1, 0.15) is 41.1 Å². The van der Waals surface area contributed by atoms with E-state index in [1.54, 1.807) is 0 Å².